The normalized spacial score (nSPS) is 13.3. The van der Waals surface area contributed by atoms with Crippen LogP contribution in [0.5, 0.6) is 0 Å². The summed E-state index contributed by atoms with van der Waals surface area (Å²) in [5.41, 5.74) is 6.71. The van der Waals surface area contributed by atoms with E-state index in [1.807, 2.05) is 25.6 Å². The van der Waals surface area contributed by atoms with Crippen molar-refractivity contribution >= 4 is 11.8 Å². The maximum Gasteiger partial charge on any atom is 0.0939 e. The second-order valence-corrected chi connectivity index (χ2v) is 4.08. The predicted molar refractivity (Wildman–Crippen MR) is 52.3 cm³/mol. The Morgan fingerprint density at radius 1 is 1.75 bits per heavy atom. The van der Waals surface area contributed by atoms with E-state index in [9.17, 15) is 0 Å². The smallest absolute Gasteiger partial charge is 0.0939 e. The molecule has 1 atom stereocenters. The molecule has 0 saturated carbocycles. The molecule has 1 heterocycles. The zero-order chi connectivity index (χ0) is 9.14. The fourth-order valence-electron chi connectivity index (χ4n) is 0.939. The van der Waals surface area contributed by atoms with Crippen molar-refractivity contribution in [3.8, 4) is 0 Å². The first-order valence-electron chi connectivity index (χ1n) is 3.98. The van der Waals surface area contributed by atoms with Gasteiger partial charge in [0.15, 0.2) is 0 Å². The van der Waals surface area contributed by atoms with Gasteiger partial charge in [-0.2, -0.15) is 5.10 Å². The molecule has 0 unspecified atom stereocenters. The maximum absolute atomic E-state index is 5.65. The molecular formula is C8H15N3S. The van der Waals surface area contributed by atoms with Crippen molar-refractivity contribution in [2.75, 3.05) is 5.75 Å². The topological polar surface area (TPSA) is 43.8 Å². The summed E-state index contributed by atoms with van der Waals surface area (Å²) in [6.45, 7) is 4.01. The van der Waals surface area contributed by atoms with Crippen molar-refractivity contribution in [3.63, 3.8) is 0 Å². The van der Waals surface area contributed by atoms with Gasteiger partial charge < -0.3 is 5.73 Å². The molecule has 1 aromatic rings. The van der Waals surface area contributed by atoms with Gasteiger partial charge in [0.1, 0.15) is 0 Å². The van der Waals surface area contributed by atoms with E-state index >= 15 is 0 Å². The van der Waals surface area contributed by atoms with Crippen LogP contribution < -0.4 is 5.73 Å². The summed E-state index contributed by atoms with van der Waals surface area (Å²) in [4.78, 5) is 0. The third kappa shape index (κ3) is 2.53. The SMILES string of the molecule is Cc1cc(SC[C@H](C)N)n(C)n1. The summed E-state index contributed by atoms with van der Waals surface area (Å²) in [5, 5.41) is 5.43. The molecule has 1 aromatic heterocycles. The summed E-state index contributed by atoms with van der Waals surface area (Å²) in [7, 11) is 1.95. The van der Waals surface area contributed by atoms with Crippen molar-refractivity contribution < 1.29 is 0 Å². The van der Waals surface area contributed by atoms with Gasteiger partial charge >= 0.3 is 0 Å². The van der Waals surface area contributed by atoms with E-state index in [0.29, 0.717) is 0 Å². The summed E-state index contributed by atoms with van der Waals surface area (Å²) in [6, 6.07) is 2.32. The third-order valence-electron chi connectivity index (χ3n) is 1.45. The first-order chi connectivity index (χ1) is 5.59. The molecule has 4 heteroatoms. The Labute approximate surface area is 77.3 Å². The predicted octanol–water partition coefficient (Wildman–Crippen LogP) is 1.17. The van der Waals surface area contributed by atoms with Gasteiger partial charge in [0.25, 0.3) is 0 Å². The van der Waals surface area contributed by atoms with Crippen LogP contribution in [0.1, 0.15) is 12.6 Å². The van der Waals surface area contributed by atoms with Gasteiger partial charge in [-0.1, -0.05) is 0 Å². The lowest BCUT2D eigenvalue weighted by atomic mass is 10.4. The van der Waals surface area contributed by atoms with Crippen LogP contribution in [0.25, 0.3) is 0 Å². The standard InChI is InChI=1S/C8H15N3S/c1-6(9)5-12-8-4-7(2)10-11(8)3/h4,6H,5,9H2,1-3H3/t6-/m0/s1. The van der Waals surface area contributed by atoms with Gasteiger partial charge in [0.2, 0.25) is 0 Å². The number of nitrogens with zero attached hydrogens (tertiary/aromatic N) is 2. The molecule has 0 aromatic carbocycles. The number of hydrogen-bond acceptors (Lipinski definition) is 3. The Kier molecular flexibility index (Phi) is 3.17. The quantitative estimate of drug-likeness (QED) is 0.719. The minimum atomic E-state index is 0.241. The molecule has 3 nitrogen and oxygen atoms in total. The molecule has 12 heavy (non-hydrogen) atoms. The van der Waals surface area contributed by atoms with Crippen molar-refractivity contribution in [1.29, 1.82) is 0 Å². The number of rotatable bonds is 3. The summed E-state index contributed by atoms with van der Waals surface area (Å²) < 4.78 is 1.89. The van der Waals surface area contributed by atoms with Gasteiger partial charge in [-0.3, -0.25) is 4.68 Å². The average molecular weight is 185 g/mol. The fourth-order valence-corrected chi connectivity index (χ4v) is 1.85. The van der Waals surface area contributed by atoms with Gasteiger partial charge in [-0.25, -0.2) is 0 Å². The van der Waals surface area contributed by atoms with E-state index in [4.69, 9.17) is 5.73 Å². The molecule has 0 fully saturated rings. The zero-order valence-electron chi connectivity index (χ0n) is 7.74. The van der Waals surface area contributed by atoms with Gasteiger partial charge in [0.05, 0.1) is 10.7 Å². The third-order valence-corrected chi connectivity index (χ3v) is 2.82. The van der Waals surface area contributed by atoms with Crippen molar-refractivity contribution in [1.82, 2.24) is 9.78 Å². The van der Waals surface area contributed by atoms with Gasteiger partial charge in [-0.15, -0.1) is 11.8 Å². The first-order valence-corrected chi connectivity index (χ1v) is 4.97. The molecule has 68 valence electrons. The van der Waals surface area contributed by atoms with Gasteiger partial charge in [0, 0.05) is 18.8 Å². The Balaban J connectivity index is 2.57. The van der Waals surface area contributed by atoms with Crippen molar-refractivity contribution in [3.05, 3.63) is 11.8 Å². The summed E-state index contributed by atoms with van der Waals surface area (Å²) in [5.74, 6) is 0.943. The molecule has 0 aliphatic carbocycles. The van der Waals surface area contributed by atoms with E-state index in [1.165, 1.54) is 5.03 Å². The number of thioether (sulfide) groups is 1. The second kappa shape index (κ2) is 3.96. The molecular weight excluding hydrogens is 170 g/mol. The highest BCUT2D eigenvalue weighted by Crippen LogP contribution is 2.18. The highest BCUT2D eigenvalue weighted by atomic mass is 32.2. The van der Waals surface area contributed by atoms with Gasteiger partial charge in [-0.05, 0) is 19.9 Å². The molecule has 0 spiro atoms. The lowest BCUT2D eigenvalue weighted by Crippen LogP contribution is -2.17. The van der Waals surface area contributed by atoms with Crippen LogP contribution in [0.3, 0.4) is 0 Å². The van der Waals surface area contributed by atoms with E-state index in [1.54, 1.807) is 11.8 Å². The highest BCUT2D eigenvalue weighted by molar-refractivity contribution is 7.99. The Morgan fingerprint density at radius 3 is 2.83 bits per heavy atom. The molecule has 1 rings (SSSR count). The molecule has 0 amide bonds. The number of aromatic nitrogens is 2. The lowest BCUT2D eigenvalue weighted by Gasteiger charge is -2.03. The molecule has 0 aliphatic rings. The van der Waals surface area contributed by atoms with Crippen LogP contribution in [0.15, 0.2) is 11.1 Å². The van der Waals surface area contributed by atoms with E-state index in [0.717, 1.165) is 11.4 Å². The average Bonchev–Trinajstić information content (AvgIpc) is 2.26. The van der Waals surface area contributed by atoms with Crippen LogP contribution in [0, 0.1) is 6.92 Å². The van der Waals surface area contributed by atoms with E-state index in [2.05, 4.69) is 11.2 Å². The number of hydrogen-bond donors (Lipinski definition) is 1. The zero-order valence-corrected chi connectivity index (χ0v) is 8.56. The maximum atomic E-state index is 5.65. The van der Waals surface area contributed by atoms with Crippen molar-refractivity contribution in [2.45, 2.75) is 24.9 Å². The Morgan fingerprint density at radius 2 is 2.42 bits per heavy atom. The van der Waals surface area contributed by atoms with Crippen LogP contribution in [0.2, 0.25) is 0 Å². The van der Waals surface area contributed by atoms with Crippen LogP contribution >= 0.6 is 11.8 Å². The first kappa shape index (κ1) is 9.61. The van der Waals surface area contributed by atoms with Crippen molar-refractivity contribution in [2.24, 2.45) is 12.8 Å². The Bertz CT molecular complexity index is 255. The minimum absolute atomic E-state index is 0.241. The van der Waals surface area contributed by atoms with Crippen LogP contribution in [0.4, 0.5) is 0 Å². The molecule has 0 saturated heterocycles. The minimum Gasteiger partial charge on any atom is -0.327 e. The van der Waals surface area contributed by atoms with Crippen LogP contribution in [-0.4, -0.2) is 21.6 Å². The highest BCUT2D eigenvalue weighted by Gasteiger charge is 2.03. The van der Waals surface area contributed by atoms with Crippen LogP contribution in [-0.2, 0) is 7.05 Å². The second-order valence-electron chi connectivity index (χ2n) is 3.04. The fraction of sp³-hybridized carbons (Fsp3) is 0.625. The molecule has 2 N–H and O–H groups in total. The molecule has 0 bridgehead atoms. The largest absolute Gasteiger partial charge is 0.327 e. The van der Waals surface area contributed by atoms with E-state index < -0.39 is 0 Å². The number of aryl methyl sites for hydroxylation is 2. The molecule has 0 radical (unpaired) electrons. The summed E-state index contributed by atoms with van der Waals surface area (Å²) >= 11 is 1.75. The number of nitrogens with two attached hydrogens (primary N) is 1. The van der Waals surface area contributed by atoms with E-state index in [-0.39, 0.29) is 6.04 Å². The lowest BCUT2D eigenvalue weighted by molar-refractivity contribution is 0.691. The monoisotopic (exact) mass is 185 g/mol. The Hall–Kier alpha value is -0.480. The molecule has 0 aliphatic heterocycles. The summed E-state index contributed by atoms with van der Waals surface area (Å²) in [6.07, 6.45) is 0.